The van der Waals surface area contributed by atoms with Crippen molar-refractivity contribution in [2.75, 3.05) is 11.4 Å². The van der Waals surface area contributed by atoms with Gasteiger partial charge in [-0.05, 0) is 29.9 Å². The van der Waals surface area contributed by atoms with Crippen LogP contribution in [0.1, 0.15) is 47.0 Å². The number of anilines is 1. The molecule has 3 heteroatoms. The van der Waals surface area contributed by atoms with Crippen LogP contribution in [0.15, 0.2) is 30.3 Å². The second-order valence-electron chi connectivity index (χ2n) is 6.86. The van der Waals surface area contributed by atoms with Crippen molar-refractivity contribution >= 4 is 11.6 Å². The molecule has 0 aliphatic rings. The molecule has 0 aliphatic carbocycles. The normalized spacial score (nSPS) is 12.5. The average molecular weight is 286 g/mol. The summed E-state index contributed by atoms with van der Waals surface area (Å²) in [7, 11) is 0. The lowest BCUT2D eigenvalue weighted by Crippen LogP contribution is -2.33. The SMILES string of the molecule is CC(CC(=O)N(CCC#N)c1ccccc1)CC(C)(C)C. The Morgan fingerprint density at radius 2 is 1.90 bits per heavy atom. The molecule has 1 unspecified atom stereocenters. The zero-order valence-electron chi connectivity index (χ0n) is 13.6. The molecule has 0 aliphatic heterocycles. The molecule has 1 aromatic carbocycles. The summed E-state index contributed by atoms with van der Waals surface area (Å²) in [6.07, 6.45) is 1.89. The molecule has 0 heterocycles. The summed E-state index contributed by atoms with van der Waals surface area (Å²) in [4.78, 5) is 14.3. The number of para-hydroxylation sites is 1. The molecule has 0 saturated carbocycles. The van der Waals surface area contributed by atoms with E-state index in [9.17, 15) is 4.79 Å². The van der Waals surface area contributed by atoms with Crippen LogP contribution in [0, 0.1) is 22.7 Å². The molecule has 1 amide bonds. The number of nitrogens with zero attached hydrogens (tertiary/aromatic N) is 2. The molecule has 0 saturated heterocycles. The average Bonchev–Trinajstić information content (AvgIpc) is 2.38. The van der Waals surface area contributed by atoms with Crippen LogP contribution < -0.4 is 4.90 Å². The van der Waals surface area contributed by atoms with E-state index in [1.165, 1.54) is 0 Å². The van der Waals surface area contributed by atoms with Crippen molar-refractivity contribution in [1.29, 1.82) is 5.26 Å². The van der Waals surface area contributed by atoms with Gasteiger partial charge in [0.25, 0.3) is 0 Å². The van der Waals surface area contributed by atoms with E-state index in [4.69, 9.17) is 5.26 Å². The zero-order valence-corrected chi connectivity index (χ0v) is 13.6. The van der Waals surface area contributed by atoms with E-state index < -0.39 is 0 Å². The first-order valence-electron chi connectivity index (χ1n) is 7.56. The molecule has 0 radical (unpaired) electrons. The Kier molecular flexibility index (Phi) is 6.42. The Morgan fingerprint density at radius 1 is 1.29 bits per heavy atom. The highest BCUT2D eigenvalue weighted by atomic mass is 16.2. The third-order valence-corrected chi connectivity index (χ3v) is 3.30. The van der Waals surface area contributed by atoms with Gasteiger partial charge < -0.3 is 4.90 Å². The summed E-state index contributed by atoms with van der Waals surface area (Å²) in [6.45, 7) is 9.16. The van der Waals surface area contributed by atoms with Crippen LogP contribution in [0.4, 0.5) is 5.69 Å². The van der Waals surface area contributed by atoms with E-state index in [2.05, 4.69) is 33.8 Å². The Labute approximate surface area is 128 Å². The van der Waals surface area contributed by atoms with E-state index in [1.807, 2.05) is 30.3 Å². The van der Waals surface area contributed by atoms with Gasteiger partial charge in [-0.1, -0.05) is 45.9 Å². The Hall–Kier alpha value is -1.82. The van der Waals surface area contributed by atoms with E-state index in [0.29, 0.717) is 25.3 Å². The number of amides is 1. The summed E-state index contributed by atoms with van der Waals surface area (Å²) in [6, 6.07) is 11.7. The summed E-state index contributed by atoms with van der Waals surface area (Å²) < 4.78 is 0. The van der Waals surface area contributed by atoms with E-state index in [1.54, 1.807) is 4.90 Å². The first-order chi connectivity index (χ1) is 9.83. The van der Waals surface area contributed by atoms with Crippen molar-refractivity contribution in [3.8, 4) is 6.07 Å². The third-order valence-electron chi connectivity index (χ3n) is 3.30. The monoisotopic (exact) mass is 286 g/mol. The van der Waals surface area contributed by atoms with Gasteiger partial charge in [0, 0.05) is 18.7 Å². The summed E-state index contributed by atoms with van der Waals surface area (Å²) in [5.41, 5.74) is 1.10. The number of benzene rings is 1. The molecule has 1 atom stereocenters. The highest BCUT2D eigenvalue weighted by Gasteiger charge is 2.21. The van der Waals surface area contributed by atoms with Crippen LogP contribution in [-0.2, 0) is 4.79 Å². The zero-order chi connectivity index (χ0) is 15.9. The number of hydrogen-bond donors (Lipinski definition) is 0. The molecule has 0 bridgehead atoms. The highest BCUT2D eigenvalue weighted by Crippen LogP contribution is 2.27. The Morgan fingerprint density at radius 3 is 2.43 bits per heavy atom. The first kappa shape index (κ1) is 17.2. The molecule has 114 valence electrons. The molecule has 3 nitrogen and oxygen atoms in total. The number of hydrogen-bond acceptors (Lipinski definition) is 2. The molecular formula is C18H26N2O. The van der Waals surface area contributed by atoms with E-state index in [-0.39, 0.29) is 11.3 Å². The van der Waals surface area contributed by atoms with Gasteiger partial charge >= 0.3 is 0 Å². The van der Waals surface area contributed by atoms with E-state index >= 15 is 0 Å². The van der Waals surface area contributed by atoms with Gasteiger partial charge in [0.05, 0.1) is 12.5 Å². The van der Waals surface area contributed by atoms with Crippen molar-refractivity contribution in [3.63, 3.8) is 0 Å². The number of carbonyl (C=O) groups is 1. The molecule has 0 fully saturated rings. The number of nitriles is 1. The Balaban J connectivity index is 2.75. The molecular weight excluding hydrogens is 260 g/mol. The lowest BCUT2D eigenvalue weighted by atomic mass is 9.84. The van der Waals surface area contributed by atoms with E-state index in [0.717, 1.165) is 12.1 Å². The van der Waals surface area contributed by atoms with Crippen LogP contribution in [0.2, 0.25) is 0 Å². The van der Waals surface area contributed by atoms with Crippen molar-refractivity contribution in [2.24, 2.45) is 11.3 Å². The van der Waals surface area contributed by atoms with Crippen LogP contribution in [0.5, 0.6) is 0 Å². The first-order valence-corrected chi connectivity index (χ1v) is 7.56. The predicted octanol–water partition coefficient (Wildman–Crippen LogP) is 4.40. The maximum Gasteiger partial charge on any atom is 0.227 e. The summed E-state index contributed by atoms with van der Waals surface area (Å²) in [5, 5.41) is 8.79. The molecule has 21 heavy (non-hydrogen) atoms. The number of carbonyl (C=O) groups excluding carboxylic acids is 1. The van der Waals surface area contributed by atoms with Crippen molar-refractivity contribution in [1.82, 2.24) is 0 Å². The quantitative estimate of drug-likeness (QED) is 0.778. The van der Waals surface area contributed by atoms with Crippen molar-refractivity contribution < 1.29 is 4.79 Å². The van der Waals surface area contributed by atoms with Gasteiger partial charge in [-0.15, -0.1) is 0 Å². The third kappa shape index (κ3) is 6.44. The van der Waals surface area contributed by atoms with Gasteiger partial charge in [0.2, 0.25) is 5.91 Å². The predicted molar refractivity (Wildman–Crippen MR) is 86.9 cm³/mol. The molecule has 1 rings (SSSR count). The molecule has 0 spiro atoms. The molecule has 1 aromatic rings. The Bertz CT molecular complexity index is 482. The summed E-state index contributed by atoms with van der Waals surface area (Å²) in [5.74, 6) is 0.444. The van der Waals surface area contributed by atoms with Gasteiger partial charge in [-0.2, -0.15) is 5.26 Å². The van der Waals surface area contributed by atoms with Crippen molar-refractivity contribution in [2.45, 2.75) is 47.0 Å². The van der Waals surface area contributed by atoms with Gasteiger partial charge in [-0.3, -0.25) is 4.79 Å². The van der Waals surface area contributed by atoms with Crippen LogP contribution in [0.25, 0.3) is 0 Å². The smallest absolute Gasteiger partial charge is 0.227 e. The van der Waals surface area contributed by atoms with Crippen LogP contribution in [-0.4, -0.2) is 12.5 Å². The fourth-order valence-electron chi connectivity index (χ4n) is 2.69. The van der Waals surface area contributed by atoms with Gasteiger partial charge in [0.1, 0.15) is 0 Å². The highest BCUT2D eigenvalue weighted by molar-refractivity contribution is 5.93. The fourth-order valence-corrected chi connectivity index (χ4v) is 2.69. The maximum atomic E-state index is 12.6. The van der Waals surface area contributed by atoms with Crippen LogP contribution >= 0.6 is 0 Å². The van der Waals surface area contributed by atoms with Crippen LogP contribution in [0.3, 0.4) is 0 Å². The van der Waals surface area contributed by atoms with Crippen molar-refractivity contribution in [3.05, 3.63) is 30.3 Å². The number of rotatable bonds is 6. The topological polar surface area (TPSA) is 44.1 Å². The van der Waals surface area contributed by atoms with Gasteiger partial charge in [0.15, 0.2) is 0 Å². The molecule has 0 N–H and O–H groups in total. The molecule has 0 aromatic heterocycles. The minimum absolute atomic E-state index is 0.105. The maximum absolute atomic E-state index is 12.6. The minimum atomic E-state index is 0.105. The second kappa shape index (κ2) is 7.83. The van der Waals surface area contributed by atoms with Gasteiger partial charge in [-0.25, -0.2) is 0 Å². The lowest BCUT2D eigenvalue weighted by Gasteiger charge is -2.26. The largest absolute Gasteiger partial charge is 0.311 e. The lowest BCUT2D eigenvalue weighted by molar-refractivity contribution is -0.119. The fraction of sp³-hybridized carbons (Fsp3) is 0.556. The summed E-state index contributed by atoms with van der Waals surface area (Å²) >= 11 is 0. The minimum Gasteiger partial charge on any atom is -0.311 e. The second-order valence-corrected chi connectivity index (χ2v) is 6.86. The standard InChI is InChI=1S/C18H26N2O/c1-15(14-18(2,3)4)13-17(21)20(12-8-11-19)16-9-6-5-7-10-16/h5-7,9-10,15H,8,12-14H2,1-4H3.